The molecule has 1 aliphatic carbocycles. The van der Waals surface area contributed by atoms with Crippen LogP contribution in [0.2, 0.25) is 0 Å². The van der Waals surface area contributed by atoms with Crippen molar-refractivity contribution in [2.24, 2.45) is 0 Å². The molecule has 1 aromatic heterocycles. The molecule has 3 nitrogen and oxygen atoms in total. The van der Waals surface area contributed by atoms with Gasteiger partial charge < -0.3 is 10.0 Å². The molecule has 0 saturated heterocycles. The zero-order chi connectivity index (χ0) is 11.5. The highest BCUT2D eigenvalue weighted by molar-refractivity contribution is 5.44. The average molecular weight is 220 g/mol. The van der Waals surface area contributed by atoms with Crippen LogP contribution in [-0.4, -0.2) is 22.7 Å². The van der Waals surface area contributed by atoms with Crippen molar-refractivity contribution in [1.29, 1.82) is 0 Å². The smallest absolute Gasteiger partial charge is 0.129 e. The van der Waals surface area contributed by atoms with Crippen LogP contribution in [0.3, 0.4) is 0 Å². The van der Waals surface area contributed by atoms with Crippen LogP contribution in [0.15, 0.2) is 18.3 Å². The third-order valence-electron chi connectivity index (χ3n) is 3.00. The van der Waals surface area contributed by atoms with E-state index in [1.807, 2.05) is 12.1 Å². The van der Waals surface area contributed by atoms with Crippen molar-refractivity contribution < 1.29 is 5.11 Å². The fraction of sp³-hybridized carbons (Fsp3) is 0.615. The number of aliphatic hydroxyl groups excluding tert-OH is 1. The molecule has 0 bridgehead atoms. The molecule has 1 aromatic rings. The Morgan fingerprint density at radius 3 is 2.88 bits per heavy atom. The van der Waals surface area contributed by atoms with Crippen molar-refractivity contribution in [3.8, 4) is 0 Å². The molecule has 1 fully saturated rings. The second-order valence-corrected chi connectivity index (χ2v) is 4.55. The maximum Gasteiger partial charge on any atom is 0.129 e. The molecule has 0 radical (unpaired) electrons. The van der Waals surface area contributed by atoms with Crippen molar-refractivity contribution in [2.75, 3.05) is 11.4 Å². The Hall–Kier alpha value is -1.09. The summed E-state index contributed by atoms with van der Waals surface area (Å²) in [6, 6.07) is 4.57. The molecule has 88 valence electrons. The Balaban J connectivity index is 2.19. The third kappa shape index (κ3) is 2.53. The first kappa shape index (κ1) is 11.4. The minimum atomic E-state index is -0.413. The fourth-order valence-corrected chi connectivity index (χ4v) is 1.96. The van der Waals surface area contributed by atoms with E-state index in [-0.39, 0.29) is 0 Å². The predicted molar refractivity (Wildman–Crippen MR) is 65.5 cm³/mol. The molecular weight excluding hydrogens is 200 g/mol. The SMILES string of the molecule is CCCN(c1cc([C@H](C)O)ccn1)C1CC1. The maximum absolute atomic E-state index is 9.57. The van der Waals surface area contributed by atoms with E-state index in [9.17, 15) is 5.11 Å². The van der Waals surface area contributed by atoms with E-state index < -0.39 is 6.10 Å². The molecule has 1 heterocycles. The molecule has 1 saturated carbocycles. The molecule has 0 spiro atoms. The Labute approximate surface area is 97.1 Å². The molecule has 0 aliphatic heterocycles. The van der Waals surface area contributed by atoms with Crippen molar-refractivity contribution in [3.63, 3.8) is 0 Å². The lowest BCUT2D eigenvalue weighted by Crippen LogP contribution is -2.27. The predicted octanol–water partition coefficient (Wildman–Crippen LogP) is 2.51. The first-order chi connectivity index (χ1) is 7.72. The number of aromatic nitrogens is 1. The minimum absolute atomic E-state index is 0.413. The summed E-state index contributed by atoms with van der Waals surface area (Å²) in [6.07, 6.45) is 5.07. The summed E-state index contributed by atoms with van der Waals surface area (Å²) in [6.45, 7) is 5.04. The largest absolute Gasteiger partial charge is 0.389 e. The van der Waals surface area contributed by atoms with Gasteiger partial charge in [-0.15, -0.1) is 0 Å². The Morgan fingerprint density at radius 2 is 2.31 bits per heavy atom. The van der Waals surface area contributed by atoms with Crippen molar-refractivity contribution in [2.45, 2.75) is 45.3 Å². The molecule has 16 heavy (non-hydrogen) atoms. The number of aliphatic hydroxyl groups is 1. The van der Waals surface area contributed by atoms with Gasteiger partial charge in [0.1, 0.15) is 5.82 Å². The van der Waals surface area contributed by atoms with Gasteiger partial charge in [0.2, 0.25) is 0 Å². The third-order valence-corrected chi connectivity index (χ3v) is 3.00. The van der Waals surface area contributed by atoms with Crippen LogP contribution in [0.4, 0.5) is 5.82 Å². The highest BCUT2D eigenvalue weighted by Gasteiger charge is 2.29. The van der Waals surface area contributed by atoms with Crippen LogP contribution in [0.1, 0.15) is 44.8 Å². The van der Waals surface area contributed by atoms with E-state index in [0.29, 0.717) is 6.04 Å². The molecule has 0 amide bonds. The van der Waals surface area contributed by atoms with Crippen LogP contribution >= 0.6 is 0 Å². The Morgan fingerprint density at radius 1 is 1.56 bits per heavy atom. The molecule has 1 aliphatic rings. The number of hydrogen-bond acceptors (Lipinski definition) is 3. The van der Waals surface area contributed by atoms with Crippen LogP contribution in [-0.2, 0) is 0 Å². The monoisotopic (exact) mass is 220 g/mol. The van der Waals surface area contributed by atoms with Gasteiger partial charge in [0.05, 0.1) is 6.10 Å². The average Bonchev–Trinajstić information content (AvgIpc) is 3.10. The van der Waals surface area contributed by atoms with Gasteiger partial charge >= 0.3 is 0 Å². The summed E-state index contributed by atoms with van der Waals surface area (Å²) in [4.78, 5) is 6.78. The lowest BCUT2D eigenvalue weighted by Gasteiger charge is -2.23. The van der Waals surface area contributed by atoms with Crippen molar-refractivity contribution in [1.82, 2.24) is 4.98 Å². The van der Waals surface area contributed by atoms with E-state index >= 15 is 0 Å². The highest BCUT2D eigenvalue weighted by Crippen LogP contribution is 2.31. The zero-order valence-electron chi connectivity index (χ0n) is 10.1. The van der Waals surface area contributed by atoms with E-state index in [2.05, 4.69) is 16.8 Å². The fourth-order valence-electron chi connectivity index (χ4n) is 1.96. The van der Waals surface area contributed by atoms with Crippen LogP contribution in [0.25, 0.3) is 0 Å². The number of pyridine rings is 1. The highest BCUT2D eigenvalue weighted by atomic mass is 16.3. The Kier molecular flexibility index (Phi) is 3.44. The normalized spacial score (nSPS) is 17.2. The lowest BCUT2D eigenvalue weighted by atomic mass is 10.1. The van der Waals surface area contributed by atoms with Gasteiger partial charge in [-0.25, -0.2) is 4.98 Å². The van der Waals surface area contributed by atoms with Gasteiger partial charge in [-0.3, -0.25) is 0 Å². The second kappa shape index (κ2) is 4.83. The summed E-state index contributed by atoms with van der Waals surface area (Å²) in [5.74, 6) is 1.02. The summed E-state index contributed by atoms with van der Waals surface area (Å²) >= 11 is 0. The standard InChI is InChI=1S/C13H20N2O/c1-3-8-15(12-4-5-12)13-9-11(10(2)16)6-7-14-13/h6-7,9-10,12,16H,3-5,8H2,1-2H3/t10-/m0/s1. The van der Waals surface area contributed by atoms with E-state index in [0.717, 1.165) is 24.3 Å². The quantitative estimate of drug-likeness (QED) is 0.828. The summed E-state index contributed by atoms with van der Waals surface area (Å²) in [5.41, 5.74) is 0.951. The number of hydrogen-bond donors (Lipinski definition) is 1. The number of rotatable bonds is 5. The topological polar surface area (TPSA) is 36.4 Å². The van der Waals surface area contributed by atoms with Gasteiger partial charge in [0.25, 0.3) is 0 Å². The van der Waals surface area contributed by atoms with Crippen LogP contribution in [0.5, 0.6) is 0 Å². The van der Waals surface area contributed by atoms with Gasteiger partial charge in [-0.1, -0.05) is 6.92 Å². The number of anilines is 1. The van der Waals surface area contributed by atoms with Gasteiger partial charge in [0, 0.05) is 18.8 Å². The molecule has 0 unspecified atom stereocenters. The summed E-state index contributed by atoms with van der Waals surface area (Å²) < 4.78 is 0. The van der Waals surface area contributed by atoms with E-state index in [4.69, 9.17) is 0 Å². The van der Waals surface area contributed by atoms with Crippen LogP contribution < -0.4 is 4.90 Å². The zero-order valence-corrected chi connectivity index (χ0v) is 10.1. The molecule has 2 rings (SSSR count). The van der Waals surface area contributed by atoms with Gasteiger partial charge in [-0.2, -0.15) is 0 Å². The van der Waals surface area contributed by atoms with Crippen molar-refractivity contribution in [3.05, 3.63) is 23.9 Å². The Bertz CT molecular complexity index is 348. The molecule has 1 N–H and O–H groups in total. The van der Waals surface area contributed by atoms with Crippen LogP contribution in [0, 0.1) is 0 Å². The van der Waals surface area contributed by atoms with Gasteiger partial charge in [0.15, 0.2) is 0 Å². The first-order valence-corrected chi connectivity index (χ1v) is 6.13. The maximum atomic E-state index is 9.57. The molecule has 0 aromatic carbocycles. The molecule has 1 atom stereocenters. The van der Waals surface area contributed by atoms with E-state index in [1.165, 1.54) is 12.8 Å². The lowest BCUT2D eigenvalue weighted by molar-refractivity contribution is 0.199. The number of nitrogens with zero attached hydrogens (tertiary/aromatic N) is 2. The van der Waals surface area contributed by atoms with Crippen molar-refractivity contribution >= 4 is 5.82 Å². The minimum Gasteiger partial charge on any atom is -0.389 e. The van der Waals surface area contributed by atoms with Gasteiger partial charge in [-0.05, 0) is 43.9 Å². The molecular formula is C13H20N2O. The van der Waals surface area contributed by atoms with E-state index in [1.54, 1.807) is 13.1 Å². The second-order valence-electron chi connectivity index (χ2n) is 4.55. The summed E-state index contributed by atoms with van der Waals surface area (Å²) in [7, 11) is 0. The first-order valence-electron chi connectivity index (χ1n) is 6.13. The molecule has 3 heteroatoms. The summed E-state index contributed by atoms with van der Waals surface area (Å²) in [5, 5.41) is 9.57.